The van der Waals surface area contributed by atoms with Crippen LogP contribution in [0.2, 0.25) is 0 Å². The second-order valence-electron chi connectivity index (χ2n) is 14.6. The third-order valence-corrected chi connectivity index (χ3v) is 10.2. The van der Waals surface area contributed by atoms with Crippen LogP contribution in [-0.2, 0) is 28.2 Å². The zero-order valence-corrected chi connectivity index (χ0v) is 27.8. The fraction of sp³-hybridized carbons (Fsp3) is 0.625. The van der Waals surface area contributed by atoms with Crippen molar-refractivity contribution in [2.45, 2.75) is 102 Å². The predicted molar refractivity (Wildman–Crippen MR) is 170 cm³/mol. The Morgan fingerprint density at radius 1 is 0.614 bits per heavy atom. The van der Waals surface area contributed by atoms with E-state index >= 15 is 0 Å². The van der Waals surface area contributed by atoms with Gasteiger partial charge in [-0.15, -0.1) is 0 Å². The van der Waals surface area contributed by atoms with Crippen LogP contribution in [0.25, 0.3) is 0 Å². The minimum absolute atomic E-state index is 0.182. The van der Waals surface area contributed by atoms with Crippen LogP contribution in [0, 0.1) is 0 Å². The number of nitrogens with zero attached hydrogens (tertiary/aromatic N) is 4. The largest absolute Gasteiger partial charge is 0.496 e. The molecule has 0 saturated carbocycles. The molecule has 2 aromatic heterocycles. The number of carbonyl (C=O) groups excluding carboxylic acids is 2. The lowest BCUT2D eigenvalue weighted by Gasteiger charge is -2.32. The molecule has 2 amide bonds. The van der Waals surface area contributed by atoms with Crippen molar-refractivity contribution >= 4 is 37.0 Å². The van der Waals surface area contributed by atoms with Gasteiger partial charge in [-0.3, -0.25) is 19.6 Å². The number of hydrogen-bond donors (Lipinski definition) is 0. The standard InChI is InChI=1S/2C16H23BN2O3/c2*1-15(2)16(3,4)22-17(21-15)12-6-7-13(18-9-12)11-8-14(20)19(5)10-11/h2*6-7,9,11H,8,10H2,1-5H3. The summed E-state index contributed by atoms with van der Waals surface area (Å²) in [6.45, 7) is 17.8. The molecule has 12 heteroatoms. The van der Waals surface area contributed by atoms with E-state index in [0.29, 0.717) is 12.8 Å². The quantitative estimate of drug-likeness (QED) is 0.492. The third kappa shape index (κ3) is 6.32. The first-order chi connectivity index (χ1) is 20.4. The Hall–Kier alpha value is -2.79. The molecule has 0 N–H and O–H groups in total. The highest BCUT2D eigenvalue weighted by Gasteiger charge is 2.53. The van der Waals surface area contributed by atoms with Crippen molar-refractivity contribution in [1.82, 2.24) is 19.8 Å². The molecule has 2 atom stereocenters. The van der Waals surface area contributed by atoms with Crippen LogP contribution in [0.3, 0.4) is 0 Å². The molecular weight excluding hydrogens is 558 g/mol. The maximum absolute atomic E-state index is 11.6. The van der Waals surface area contributed by atoms with E-state index in [-0.39, 0.29) is 60.3 Å². The van der Waals surface area contributed by atoms with Gasteiger partial charge in [0.2, 0.25) is 11.8 Å². The number of likely N-dealkylation sites (N-methyl/N-ethyl adjacent to an activating group) is 2. The van der Waals surface area contributed by atoms with E-state index < -0.39 is 0 Å². The van der Waals surface area contributed by atoms with Crippen molar-refractivity contribution in [2.75, 3.05) is 27.2 Å². The highest BCUT2D eigenvalue weighted by Crippen LogP contribution is 2.37. The number of amides is 2. The van der Waals surface area contributed by atoms with Crippen molar-refractivity contribution in [2.24, 2.45) is 0 Å². The molecule has 6 heterocycles. The van der Waals surface area contributed by atoms with Gasteiger partial charge >= 0.3 is 14.2 Å². The molecule has 0 aromatic carbocycles. The molecular formula is C32H46B2N4O6. The van der Waals surface area contributed by atoms with Gasteiger partial charge in [-0.05, 0) is 67.5 Å². The van der Waals surface area contributed by atoms with E-state index in [1.807, 2.05) is 93.8 Å². The zero-order chi connectivity index (χ0) is 32.2. The molecule has 6 rings (SSSR count). The normalized spacial score (nSPS) is 26.8. The average Bonchev–Trinajstić information content (AvgIpc) is 3.60. The molecule has 0 radical (unpaired) electrons. The molecule has 4 fully saturated rings. The molecule has 4 saturated heterocycles. The Balaban J connectivity index is 0.000000175. The van der Waals surface area contributed by atoms with Crippen molar-refractivity contribution in [3.8, 4) is 0 Å². The summed E-state index contributed by atoms with van der Waals surface area (Å²) in [7, 11) is 2.89. The van der Waals surface area contributed by atoms with Gasteiger partial charge < -0.3 is 28.4 Å². The lowest BCUT2D eigenvalue weighted by atomic mass is 9.80. The Labute approximate surface area is 262 Å². The van der Waals surface area contributed by atoms with Crippen LogP contribution >= 0.6 is 0 Å². The fourth-order valence-electron chi connectivity index (χ4n) is 5.68. The van der Waals surface area contributed by atoms with Gasteiger partial charge in [-0.2, -0.15) is 0 Å². The van der Waals surface area contributed by atoms with Crippen molar-refractivity contribution < 1.29 is 28.2 Å². The number of hydrogen-bond acceptors (Lipinski definition) is 8. The number of pyridine rings is 2. The zero-order valence-electron chi connectivity index (χ0n) is 27.8. The second-order valence-corrected chi connectivity index (χ2v) is 14.6. The van der Waals surface area contributed by atoms with E-state index in [0.717, 1.165) is 35.4 Å². The van der Waals surface area contributed by atoms with Crippen LogP contribution in [0.15, 0.2) is 36.7 Å². The Morgan fingerprint density at radius 3 is 1.16 bits per heavy atom. The smallest absolute Gasteiger partial charge is 0.399 e. The van der Waals surface area contributed by atoms with Crippen LogP contribution in [0.1, 0.15) is 91.5 Å². The van der Waals surface area contributed by atoms with Gasteiger partial charge in [0.25, 0.3) is 0 Å². The monoisotopic (exact) mass is 604 g/mol. The summed E-state index contributed by atoms with van der Waals surface area (Å²) < 4.78 is 24.1. The molecule has 2 aromatic rings. The van der Waals surface area contributed by atoms with Crippen LogP contribution in [-0.4, -0.2) is 95.4 Å². The maximum Gasteiger partial charge on any atom is 0.496 e. The molecule has 4 aliphatic rings. The van der Waals surface area contributed by atoms with Crippen molar-refractivity contribution in [3.63, 3.8) is 0 Å². The van der Waals surface area contributed by atoms with Crippen molar-refractivity contribution in [3.05, 3.63) is 48.0 Å². The Morgan fingerprint density at radius 2 is 0.932 bits per heavy atom. The molecule has 0 bridgehead atoms. The van der Waals surface area contributed by atoms with Crippen LogP contribution in [0.4, 0.5) is 0 Å². The van der Waals surface area contributed by atoms with E-state index in [9.17, 15) is 9.59 Å². The summed E-state index contributed by atoms with van der Waals surface area (Å²) in [4.78, 5) is 35.8. The van der Waals surface area contributed by atoms with Crippen molar-refractivity contribution in [1.29, 1.82) is 0 Å². The van der Waals surface area contributed by atoms with Gasteiger partial charge in [0.05, 0.1) is 22.4 Å². The second kappa shape index (κ2) is 11.5. The lowest BCUT2D eigenvalue weighted by Crippen LogP contribution is -2.41. The summed E-state index contributed by atoms with van der Waals surface area (Å²) in [5.41, 5.74) is 2.35. The molecule has 0 spiro atoms. The van der Waals surface area contributed by atoms with Gasteiger partial charge in [0.15, 0.2) is 0 Å². The topological polar surface area (TPSA) is 103 Å². The Kier molecular flexibility index (Phi) is 8.55. The summed E-state index contributed by atoms with van der Waals surface area (Å²) in [5, 5.41) is 0. The van der Waals surface area contributed by atoms with Gasteiger partial charge in [-0.25, -0.2) is 0 Å². The molecule has 236 valence electrons. The van der Waals surface area contributed by atoms with Gasteiger partial charge in [-0.1, -0.05) is 12.1 Å². The van der Waals surface area contributed by atoms with Gasteiger partial charge in [0.1, 0.15) is 0 Å². The number of carbonyl (C=O) groups is 2. The molecule has 2 unspecified atom stereocenters. The lowest BCUT2D eigenvalue weighted by molar-refractivity contribution is -0.127. The average molecular weight is 604 g/mol. The summed E-state index contributed by atoms with van der Waals surface area (Å²) in [5.74, 6) is 0.735. The highest BCUT2D eigenvalue weighted by atomic mass is 16.7. The molecule has 0 aliphatic carbocycles. The maximum atomic E-state index is 11.6. The van der Waals surface area contributed by atoms with E-state index in [4.69, 9.17) is 18.6 Å². The van der Waals surface area contributed by atoms with Gasteiger partial charge in [0, 0.05) is 86.6 Å². The van der Waals surface area contributed by atoms with E-state index in [1.54, 1.807) is 22.2 Å². The summed E-state index contributed by atoms with van der Waals surface area (Å²) >= 11 is 0. The SMILES string of the molecule is CN1CC(c2ccc(B3OC(C)(C)C(C)(C)O3)cn2)CC1=O.CN1CC(c2ccc(B3OC(C)(C)C(C)(C)O3)cn2)CC1=O. The minimum atomic E-state index is -0.389. The fourth-order valence-corrected chi connectivity index (χ4v) is 5.68. The first-order valence-corrected chi connectivity index (χ1v) is 15.5. The third-order valence-electron chi connectivity index (χ3n) is 10.2. The number of rotatable bonds is 4. The minimum Gasteiger partial charge on any atom is -0.399 e. The van der Waals surface area contributed by atoms with E-state index in [2.05, 4.69) is 9.97 Å². The number of likely N-dealkylation sites (tertiary alicyclic amines) is 2. The summed E-state index contributed by atoms with van der Waals surface area (Å²) in [6, 6.07) is 7.95. The van der Waals surface area contributed by atoms with Crippen LogP contribution in [0.5, 0.6) is 0 Å². The van der Waals surface area contributed by atoms with Crippen LogP contribution < -0.4 is 10.9 Å². The molecule has 10 nitrogen and oxygen atoms in total. The molecule has 44 heavy (non-hydrogen) atoms. The summed E-state index contributed by atoms with van der Waals surface area (Å²) in [6.07, 6.45) is 4.69. The first-order valence-electron chi connectivity index (χ1n) is 15.5. The Bertz CT molecular complexity index is 1240. The van der Waals surface area contributed by atoms with E-state index in [1.165, 1.54) is 0 Å². The number of aromatic nitrogens is 2. The highest BCUT2D eigenvalue weighted by molar-refractivity contribution is 6.62. The molecule has 4 aliphatic heterocycles. The predicted octanol–water partition coefficient (Wildman–Crippen LogP) is 2.65. The first kappa shape index (κ1) is 32.6.